The SMILES string of the molecule is C#C/C=C(\C=C/C)n1c(-c2ccc(-c3ccc4c(-c5ccc6ccccc6c5)c5ccccc5c(-c5ccc6ccccc6c5)c4c3)cc2)nc2ccccc21. The van der Waals surface area contributed by atoms with Gasteiger partial charge in [-0.05, 0) is 120 Å². The minimum atomic E-state index is 0.848. The lowest BCUT2D eigenvalue weighted by molar-refractivity contribution is 1.15. The first-order valence-corrected chi connectivity index (χ1v) is 19.0. The highest BCUT2D eigenvalue weighted by Gasteiger charge is 2.19. The van der Waals surface area contributed by atoms with E-state index in [4.69, 9.17) is 11.4 Å². The van der Waals surface area contributed by atoms with Gasteiger partial charge in [0.2, 0.25) is 0 Å². The van der Waals surface area contributed by atoms with E-state index in [9.17, 15) is 0 Å². The lowest BCUT2D eigenvalue weighted by Gasteiger charge is -2.19. The molecule has 0 saturated carbocycles. The molecule has 0 bridgehead atoms. The molecule has 10 rings (SSSR count). The van der Waals surface area contributed by atoms with Crippen molar-refractivity contribution >= 4 is 59.8 Å². The lowest BCUT2D eigenvalue weighted by atomic mass is 9.84. The number of hydrogen-bond donors (Lipinski definition) is 0. The summed E-state index contributed by atoms with van der Waals surface area (Å²) in [6.07, 6.45) is 11.6. The Morgan fingerprint density at radius 3 is 1.66 bits per heavy atom. The van der Waals surface area contributed by atoms with Crippen LogP contribution in [-0.4, -0.2) is 9.55 Å². The maximum atomic E-state index is 5.80. The molecule has 0 spiro atoms. The predicted octanol–water partition coefficient (Wildman–Crippen LogP) is 14.4. The van der Waals surface area contributed by atoms with Gasteiger partial charge in [-0.15, -0.1) is 6.42 Å². The van der Waals surface area contributed by atoms with E-state index < -0.39 is 0 Å². The van der Waals surface area contributed by atoms with Crippen molar-refractivity contribution in [2.45, 2.75) is 6.92 Å². The van der Waals surface area contributed by atoms with Gasteiger partial charge in [-0.1, -0.05) is 158 Å². The first kappa shape index (κ1) is 33.1. The largest absolute Gasteiger partial charge is 0.292 e. The van der Waals surface area contributed by atoms with Crippen molar-refractivity contribution < 1.29 is 0 Å². The lowest BCUT2D eigenvalue weighted by Crippen LogP contribution is -1.98. The van der Waals surface area contributed by atoms with Crippen LogP contribution in [0.2, 0.25) is 0 Å². The van der Waals surface area contributed by atoms with Crippen molar-refractivity contribution in [2.75, 3.05) is 0 Å². The number of aromatic nitrogens is 2. The Morgan fingerprint density at radius 2 is 1.02 bits per heavy atom. The highest BCUT2D eigenvalue weighted by Crippen LogP contribution is 2.46. The minimum Gasteiger partial charge on any atom is -0.292 e. The predicted molar refractivity (Wildman–Crippen MR) is 239 cm³/mol. The van der Waals surface area contributed by atoms with Gasteiger partial charge in [0.05, 0.1) is 16.7 Å². The van der Waals surface area contributed by atoms with E-state index in [2.05, 4.69) is 168 Å². The number of fused-ring (bicyclic) bond motifs is 5. The Morgan fingerprint density at radius 1 is 0.500 bits per heavy atom. The maximum absolute atomic E-state index is 5.80. The summed E-state index contributed by atoms with van der Waals surface area (Å²) in [5.41, 5.74) is 11.0. The second-order valence-corrected chi connectivity index (χ2v) is 14.3. The zero-order valence-electron chi connectivity index (χ0n) is 30.9. The molecular weight excluding hydrogens is 677 g/mol. The third-order valence-corrected chi connectivity index (χ3v) is 11.0. The number of allylic oxidation sites excluding steroid dienone is 4. The Kier molecular flexibility index (Phi) is 8.13. The fourth-order valence-electron chi connectivity index (χ4n) is 8.41. The molecule has 1 heterocycles. The van der Waals surface area contributed by atoms with Crippen molar-refractivity contribution in [3.05, 3.63) is 194 Å². The van der Waals surface area contributed by atoms with Gasteiger partial charge in [-0.2, -0.15) is 0 Å². The molecular formula is C54H36N2. The van der Waals surface area contributed by atoms with Crippen molar-refractivity contribution in [3.8, 4) is 57.1 Å². The third-order valence-electron chi connectivity index (χ3n) is 11.0. The second-order valence-electron chi connectivity index (χ2n) is 14.3. The summed E-state index contributed by atoms with van der Waals surface area (Å²) in [4.78, 5) is 5.08. The number of nitrogens with zero attached hydrogens (tertiary/aromatic N) is 2. The second kappa shape index (κ2) is 13.7. The number of para-hydroxylation sites is 2. The molecule has 10 aromatic rings. The van der Waals surface area contributed by atoms with Crippen LogP contribution in [-0.2, 0) is 0 Å². The monoisotopic (exact) mass is 712 g/mol. The Hall–Kier alpha value is -7.47. The fourth-order valence-corrected chi connectivity index (χ4v) is 8.41. The van der Waals surface area contributed by atoms with E-state index in [1.54, 1.807) is 6.08 Å². The molecule has 0 fully saturated rings. The van der Waals surface area contributed by atoms with Gasteiger partial charge in [0, 0.05) is 11.6 Å². The summed E-state index contributed by atoms with van der Waals surface area (Å²) in [5.74, 6) is 3.57. The Labute approximate surface area is 326 Å². The summed E-state index contributed by atoms with van der Waals surface area (Å²) in [6, 6.07) is 63.8. The molecule has 0 aliphatic heterocycles. The van der Waals surface area contributed by atoms with Crippen molar-refractivity contribution in [3.63, 3.8) is 0 Å². The number of imidazole rings is 1. The van der Waals surface area contributed by atoms with E-state index in [1.807, 2.05) is 37.3 Å². The molecule has 0 saturated heterocycles. The van der Waals surface area contributed by atoms with Gasteiger partial charge in [-0.25, -0.2) is 4.98 Å². The average Bonchev–Trinajstić information content (AvgIpc) is 3.64. The number of benzene rings is 9. The molecule has 262 valence electrons. The Balaban J connectivity index is 1.19. The molecule has 0 amide bonds. The summed E-state index contributed by atoms with van der Waals surface area (Å²) >= 11 is 0. The van der Waals surface area contributed by atoms with Gasteiger partial charge in [0.15, 0.2) is 0 Å². The van der Waals surface area contributed by atoms with Crippen LogP contribution in [0, 0.1) is 12.3 Å². The average molecular weight is 713 g/mol. The van der Waals surface area contributed by atoms with Crippen LogP contribution in [0.3, 0.4) is 0 Å². The van der Waals surface area contributed by atoms with Crippen LogP contribution < -0.4 is 0 Å². The third kappa shape index (κ3) is 5.58. The molecule has 9 aromatic carbocycles. The first-order chi connectivity index (χ1) is 27.7. The molecule has 0 atom stereocenters. The van der Waals surface area contributed by atoms with E-state index in [0.717, 1.165) is 39.2 Å². The highest BCUT2D eigenvalue weighted by molar-refractivity contribution is 6.22. The Bertz CT molecular complexity index is 3260. The molecule has 0 N–H and O–H groups in total. The van der Waals surface area contributed by atoms with Crippen LogP contribution in [0.15, 0.2) is 194 Å². The summed E-state index contributed by atoms with van der Waals surface area (Å²) in [7, 11) is 0. The van der Waals surface area contributed by atoms with Crippen LogP contribution in [0.25, 0.3) is 105 Å². The number of terminal acetylenes is 1. The van der Waals surface area contributed by atoms with E-state index >= 15 is 0 Å². The van der Waals surface area contributed by atoms with Gasteiger partial charge in [0.25, 0.3) is 0 Å². The molecule has 0 radical (unpaired) electrons. The quantitative estimate of drug-likeness (QED) is 0.0953. The van der Waals surface area contributed by atoms with Gasteiger partial charge < -0.3 is 0 Å². The zero-order valence-corrected chi connectivity index (χ0v) is 30.9. The molecule has 0 unspecified atom stereocenters. The summed E-state index contributed by atoms with van der Waals surface area (Å²) in [6.45, 7) is 2.00. The van der Waals surface area contributed by atoms with Crippen molar-refractivity contribution in [1.82, 2.24) is 9.55 Å². The molecule has 0 aliphatic rings. The van der Waals surface area contributed by atoms with E-state index in [1.165, 1.54) is 65.3 Å². The van der Waals surface area contributed by atoms with Gasteiger partial charge in [-0.3, -0.25) is 4.57 Å². The standard InChI is InChI=1S/C54H36N2/c1-3-13-45(14-4-2)56-51-22-12-11-21-50(51)55-54(56)39-27-23-38(24-28-39)42-31-32-48-49(35-42)53(44-30-26-37-16-6-8-18-41(37)34-44)47-20-10-9-19-46(47)52(48)43-29-25-36-15-5-7-17-40(36)33-43/h1,4-35H,2H3/b14-4-,45-13+. The topological polar surface area (TPSA) is 17.8 Å². The van der Waals surface area contributed by atoms with Crippen LogP contribution in [0.4, 0.5) is 0 Å². The number of rotatable bonds is 6. The highest BCUT2D eigenvalue weighted by atomic mass is 15.1. The van der Waals surface area contributed by atoms with Crippen LogP contribution in [0.5, 0.6) is 0 Å². The molecule has 2 heteroatoms. The minimum absolute atomic E-state index is 0.848. The van der Waals surface area contributed by atoms with E-state index in [0.29, 0.717) is 0 Å². The van der Waals surface area contributed by atoms with Crippen molar-refractivity contribution in [2.24, 2.45) is 0 Å². The summed E-state index contributed by atoms with van der Waals surface area (Å²) < 4.78 is 2.15. The molecule has 0 aliphatic carbocycles. The normalized spacial score (nSPS) is 12.0. The molecule has 56 heavy (non-hydrogen) atoms. The van der Waals surface area contributed by atoms with Crippen LogP contribution in [0.1, 0.15) is 6.92 Å². The number of hydrogen-bond acceptors (Lipinski definition) is 1. The van der Waals surface area contributed by atoms with Crippen LogP contribution >= 0.6 is 0 Å². The zero-order chi connectivity index (χ0) is 37.6. The summed E-state index contributed by atoms with van der Waals surface area (Å²) in [5, 5.41) is 9.88. The fraction of sp³-hybridized carbons (Fsp3) is 0.0185. The smallest absolute Gasteiger partial charge is 0.145 e. The van der Waals surface area contributed by atoms with Gasteiger partial charge >= 0.3 is 0 Å². The van der Waals surface area contributed by atoms with E-state index in [-0.39, 0.29) is 0 Å². The first-order valence-electron chi connectivity index (χ1n) is 19.0. The molecule has 2 nitrogen and oxygen atoms in total. The molecule has 1 aromatic heterocycles. The van der Waals surface area contributed by atoms with Crippen molar-refractivity contribution in [1.29, 1.82) is 0 Å². The maximum Gasteiger partial charge on any atom is 0.145 e. The van der Waals surface area contributed by atoms with Gasteiger partial charge in [0.1, 0.15) is 5.82 Å².